The van der Waals surface area contributed by atoms with Crippen molar-refractivity contribution in [3.8, 4) is 5.75 Å². The van der Waals surface area contributed by atoms with E-state index < -0.39 is 0 Å². The van der Waals surface area contributed by atoms with Crippen molar-refractivity contribution >= 4 is 5.91 Å². The first kappa shape index (κ1) is 18.4. The fourth-order valence-electron chi connectivity index (χ4n) is 3.05. The van der Waals surface area contributed by atoms with Gasteiger partial charge in [0.1, 0.15) is 5.75 Å². The first-order chi connectivity index (χ1) is 12.7. The van der Waals surface area contributed by atoms with Crippen LogP contribution in [0.1, 0.15) is 17.2 Å². The minimum Gasteiger partial charge on any atom is -0.484 e. The van der Waals surface area contributed by atoms with Crippen molar-refractivity contribution < 1.29 is 14.3 Å². The quantitative estimate of drug-likeness (QED) is 0.830. The fraction of sp³-hybridized carbons (Fsp3) is 0.381. The monoisotopic (exact) mass is 354 g/mol. The van der Waals surface area contributed by atoms with Crippen molar-refractivity contribution in [2.45, 2.75) is 13.0 Å². The third-order valence-electron chi connectivity index (χ3n) is 4.44. The number of nitrogens with zero attached hydrogens (tertiary/aromatic N) is 1. The maximum absolute atomic E-state index is 12.4. The van der Waals surface area contributed by atoms with Crippen molar-refractivity contribution in [2.75, 3.05) is 39.5 Å². The minimum atomic E-state index is -0.117. The predicted molar refractivity (Wildman–Crippen MR) is 101 cm³/mol. The Morgan fingerprint density at radius 3 is 2.65 bits per heavy atom. The smallest absolute Gasteiger partial charge is 0.258 e. The van der Waals surface area contributed by atoms with E-state index in [1.165, 1.54) is 0 Å². The molecule has 0 aromatic heterocycles. The molecule has 1 unspecified atom stereocenters. The molecule has 0 bridgehead atoms. The second-order valence-corrected chi connectivity index (χ2v) is 6.55. The third kappa shape index (κ3) is 5.58. The van der Waals surface area contributed by atoms with Crippen molar-refractivity contribution in [1.29, 1.82) is 0 Å². The summed E-state index contributed by atoms with van der Waals surface area (Å²) in [6, 6.07) is 17.7. The lowest BCUT2D eigenvalue weighted by atomic mass is 10.1. The van der Waals surface area contributed by atoms with Crippen LogP contribution < -0.4 is 10.1 Å². The zero-order valence-electron chi connectivity index (χ0n) is 15.2. The number of hydrogen-bond acceptors (Lipinski definition) is 4. The largest absolute Gasteiger partial charge is 0.484 e. The number of ether oxygens (including phenoxy) is 2. The van der Waals surface area contributed by atoms with Gasteiger partial charge in [-0.15, -0.1) is 0 Å². The van der Waals surface area contributed by atoms with Crippen molar-refractivity contribution in [1.82, 2.24) is 10.2 Å². The summed E-state index contributed by atoms with van der Waals surface area (Å²) in [6.45, 7) is 6.04. The molecule has 2 aromatic rings. The van der Waals surface area contributed by atoms with Gasteiger partial charge in [0.05, 0.1) is 19.3 Å². The molecule has 1 atom stereocenters. The van der Waals surface area contributed by atoms with Crippen molar-refractivity contribution in [2.24, 2.45) is 0 Å². The van der Waals surface area contributed by atoms with E-state index in [9.17, 15) is 4.79 Å². The van der Waals surface area contributed by atoms with Gasteiger partial charge in [0.15, 0.2) is 6.61 Å². The molecule has 2 aromatic carbocycles. The number of carbonyl (C=O) groups is 1. The van der Waals surface area contributed by atoms with Crippen LogP contribution in [0.2, 0.25) is 0 Å². The van der Waals surface area contributed by atoms with Gasteiger partial charge < -0.3 is 14.8 Å². The lowest BCUT2D eigenvalue weighted by molar-refractivity contribution is -0.124. The Morgan fingerprint density at radius 1 is 1.15 bits per heavy atom. The topological polar surface area (TPSA) is 50.8 Å². The summed E-state index contributed by atoms with van der Waals surface area (Å²) in [5, 5.41) is 3.12. The number of morpholine rings is 1. The van der Waals surface area contributed by atoms with E-state index in [0.29, 0.717) is 5.75 Å². The number of amides is 1. The summed E-state index contributed by atoms with van der Waals surface area (Å²) < 4.78 is 11.0. The third-order valence-corrected chi connectivity index (χ3v) is 4.44. The molecule has 1 amide bonds. The lowest BCUT2D eigenvalue weighted by Crippen LogP contribution is -2.44. The van der Waals surface area contributed by atoms with Gasteiger partial charge in [-0.05, 0) is 30.2 Å². The Bertz CT molecular complexity index is 699. The van der Waals surface area contributed by atoms with Gasteiger partial charge in [0.25, 0.3) is 5.91 Å². The molecule has 1 aliphatic heterocycles. The number of benzene rings is 2. The van der Waals surface area contributed by atoms with E-state index >= 15 is 0 Å². The Labute approximate surface area is 154 Å². The number of hydrogen-bond donors (Lipinski definition) is 1. The fourth-order valence-corrected chi connectivity index (χ4v) is 3.05. The highest BCUT2D eigenvalue weighted by Crippen LogP contribution is 2.16. The van der Waals surface area contributed by atoms with Gasteiger partial charge in [-0.2, -0.15) is 0 Å². The van der Waals surface area contributed by atoms with Gasteiger partial charge >= 0.3 is 0 Å². The molecular weight excluding hydrogens is 328 g/mol. The van der Waals surface area contributed by atoms with Crippen LogP contribution in [0, 0.1) is 6.92 Å². The van der Waals surface area contributed by atoms with Crippen LogP contribution in [0.4, 0.5) is 0 Å². The van der Waals surface area contributed by atoms with Crippen molar-refractivity contribution in [3.63, 3.8) is 0 Å². The molecule has 138 valence electrons. The SMILES string of the molecule is Cc1cccc(OCC(=O)NC(CN2CCOCC2)c2ccccc2)c1. The van der Waals surface area contributed by atoms with Gasteiger partial charge in [-0.25, -0.2) is 0 Å². The zero-order chi connectivity index (χ0) is 18.2. The van der Waals surface area contributed by atoms with Crippen LogP contribution in [0.15, 0.2) is 54.6 Å². The molecular formula is C21H26N2O3. The molecule has 1 aliphatic rings. The molecule has 26 heavy (non-hydrogen) atoms. The molecule has 0 radical (unpaired) electrons. The minimum absolute atomic E-state index is 0.00982. The average Bonchev–Trinajstić information content (AvgIpc) is 2.67. The zero-order valence-corrected chi connectivity index (χ0v) is 15.2. The summed E-state index contributed by atoms with van der Waals surface area (Å²) >= 11 is 0. The van der Waals surface area contributed by atoms with Crippen LogP contribution in [0.3, 0.4) is 0 Å². The highest BCUT2D eigenvalue weighted by Gasteiger charge is 2.20. The normalized spacial score (nSPS) is 16.0. The van der Waals surface area contributed by atoms with Crippen LogP contribution in [0.25, 0.3) is 0 Å². The van der Waals surface area contributed by atoms with Gasteiger partial charge in [0.2, 0.25) is 0 Å². The molecule has 0 saturated carbocycles. The second-order valence-electron chi connectivity index (χ2n) is 6.55. The number of rotatable bonds is 7. The highest BCUT2D eigenvalue weighted by molar-refractivity contribution is 5.78. The van der Waals surface area contributed by atoms with Gasteiger partial charge in [-0.3, -0.25) is 9.69 Å². The van der Waals surface area contributed by atoms with Crippen LogP contribution in [0.5, 0.6) is 5.75 Å². The summed E-state index contributed by atoms with van der Waals surface area (Å²) in [5.74, 6) is 0.596. The predicted octanol–water partition coefficient (Wildman–Crippen LogP) is 2.56. The summed E-state index contributed by atoms with van der Waals surface area (Å²) in [5.41, 5.74) is 2.21. The van der Waals surface area contributed by atoms with E-state index in [1.807, 2.05) is 61.5 Å². The Balaban J connectivity index is 1.59. The molecule has 3 rings (SSSR count). The maximum Gasteiger partial charge on any atom is 0.258 e. The first-order valence-electron chi connectivity index (χ1n) is 9.04. The molecule has 1 saturated heterocycles. The summed E-state index contributed by atoms with van der Waals surface area (Å²) in [4.78, 5) is 14.8. The summed E-state index contributed by atoms with van der Waals surface area (Å²) in [7, 11) is 0. The van der Waals surface area contributed by atoms with E-state index in [-0.39, 0.29) is 18.6 Å². The molecule has 5 heteroatoms. The van der Waals surface area contributed by atoms with E-state index in [1.54, 1.807) is 0 Å². The first-order valence-corrected chi connectivity index (χ1v) is 9.04. The van der Waals surface area contributed by atoms with Crippen LogP contribution in [-0.4, -0.2) is 50.3 Å². The molecule has 1 heterocycles. The average molecular weight is 354 g/mol. The molecule has 5 nitrogen and oxygen atoms in total. The number of nitrogens with one attached hydrogen (secondary N) is 1. The van der Waals surface area contributed by atoms with Gasteiger partial charge in [0, 0.05) is 19.6 Å². The molecule has 1 N–H and O–H groups in total. The Hall–Kier alpha value is -2.37. The lowest BCUT2D eigenvalue weighted by Gasteiger charge is -2.31. The van der Waals surface area contributed by atoms with Crippen LogP contribution >= 0.6 is 0 Å². The standard InChI is InChI=1S/C21H26N2O3/c1-17-6-5-9-19(14-17)26-16-21(24)22-20(18-7-3-2-4-8-18)15-23-10-12-25-13-11-23/h2-9,14,20H,10-13,15-16H2,1H3,(H,22,24). The molecule has 0 aliphatic carbocycles. The van der Waals surface area contributed by atoms with Crippen molar-refractivity contribution in [3.05, 3.63) is 65.7 Å². The highest BCUT2D eigenvalue weighted by atomic mass is 16.5. The van der Waals surface area contributed by atoms with Crippen LogP contribution in [-0.2, 0) is 9.53 Å². The van der Waals surface area contributed by atoms with E-state index in [4.69, 9.17) is 9.47 Å². The number of aryl methyl sites for hydroxylation is 1. The maximum atomic E-state index is 12.4. The van der Waals surface area contributed by atoms with E-state index in [0.717, 1.165) is 44.0 Å². The number of carbonyl (C=O) groups excluding carboxylic acids is 1. The molecule has 1 fully saturated rings. The Kier molecular flexibility index (Phi) is 6.63. The second kappa shape index (κ2) is 9.36. The summed E-state index contributed by atoms with van der Waals surface area (Å²) in [6.07, 6.45) is 0. The van der Waals surface area contributed by atoms with E-state index in [2.05, 4.69) is 10.2 Å². The van der Waals surface area contributed by atoms with Gasteiger partial charge in [-0.1, -0.05) is 42.5 Å². The Morgan fingerprint density at radius 2 is 1.92 bits per heavy atom. The molecule has 0 spiro atoms.